The summed E-state index contributed by atoms with van der Waals surface area (Å²) in [6, 6.07) is 4.89. The quantitative estimate of drug-likeness (QED) is 0.871. The highest BCUT2D eigenvalue weighted by atomic mass is 79.9. The van der Waals surface area contributed by atoms with Crippen molar-refractivity contribution in [3.8, 4) is 5.75 Å². The molecule has 0 aromatic heterocycles. The van der Waals surface area contributed by atoms with Gasteiger partial charge in [-0.05, 0) is 37.5 Å². The van der Waals surface area contributed by atoms with Crippen molar-refractivity contribution in [2.24, 2.45) is 0 Å². The van der Waals surface area contributed by atoms with E-state index in [1.54, 1.807) is 12.1 Å². The first kappa shape index (κ1) is 15.8. The number of halogens is 1. The van der Waals surface area contributed by atoms with Crippen molar-refractivity contribution in [3.05, 3.63) is 22.7 Å². The summed E-state index contributed by atoms with van der Waals surface area (Å²) in [5.74, 6) is 0.324. The Morgan fingerprint density at radius 3 is 2.90 bits per heavy atom. The van der Waals surface area contributed by atoms with E-state index in [9.17, 15) is 8.42 Å². The molecule has 0 aliphatic carbocycles. The Kier molecular flexibility index (Phi) is 5.42. The summed E-state index contributed by atoms with van der Waals surface area (Å²) in [5, 5.41) is 0. The molecule has 2 rings (SSSR count). The van der Waals surface area contributed by atoms with E-state index in [1.165, 1.54) is 13.2 Å². The largest absolute Gasteiger partial charge is 0.495 e. The highest BCUT2D eigenvalue weighted by Gasteiger charge is 2.22. The van der Waals surface area contributed by atoms with E-state index in [4.69, 9.17) is 9.47 Å². The molecule has 1 unspecified atom stereocenters. The van der Waals surface area contributed by atoms with Crippen LogP contribution in [0.1, 0.15) is 19.3 Å². The maximum Gasteiger partial charge on any atom is 0.244 e. The van der Waals surface area contributed by atoms with Crippen LogP contribution in [0.3, 0.4) is 0 Å². The lowest BCUT2D eigenvalue weighted by molar-refractivity contribution is 0.0200. The van der Waals surface area contributed by atoms with Gasteiger partial charge in [-0.15, -0.1) is 0 Å². The Hall–Kier alpha value is -0.630. The monoisotopic (exact) mass is 363 g/mol. The third-order valence-corrected chi connectivity index (χ3v) is 5.13. The first-order valence-electron chi connectivity index (χ1n) is 6.48. The molecule has 1 heterocycles. The van der Waals surface area contributed by atoms with E-state index in [-0.39, 0.29) is 17.5 Å². The standard InChI is InChI=1S/C13H18BrNO4S/c1-18-12-6-5-10(14)8-13(12)20(16,17)15-9-11-4-2-3-7-19-11/h5-6,8,11,15H,2-4,7,9H2,1H3. The topological polar surface area (TPSA) is 64.6 Å². The fraction of sp³-hybridized carbons (Fsp3) is 0.538. The molecule has 112 valence electrons. The lowest BCUT2D eigenvalue weighted by Gasteiger charge is -2.22. The number of methoxy groups -OCH3 is 1. The number of hydrogen-bond donors (Lipinski definition) is 1. The van der Waals surface area contributed by atoms with Crippen molar-refractivity contribution < 1.29 is 17.9 Å². The predicted octanol–water partition coefficient (Wildman–Crippen LogP) is 2.31. The van der Waals surface area contributed by atoms with Gasteiger partial charge >= 0.3 is 0 Å². The number of rotatable bonds is 5. The van der Waals surface area contributed by atoms with Gasteiger partial charge < -0.3 is 9.47 Å². The second-order valence-electron chi connectivity index (χ2n) is 4.64. The Morgan fingerprint density at radius 1 is 1.45 bits per heavy atom. The molecule has 1 N–H and O–H groups in total. The van der Waals surface area contributed by atoms with Crippen LogP contribution in [-0.2, 0) is 14.8 Å². The van der Waals surface area contributed by atoms with Crippen molar-refractivity contribution in [2.45, 2.75) is 30.3 Å². The second-order valence-corrected chi connectivity index (χ2v) is 7.29. The summed E-state index contributed by atoms with van der Waals surface area (Å²) >= 11 is 3.27. The summed E-state index contributed by atoms with van der Waals surface area (Å²) in [7, 11) is -2.16. The minimum Gasteiger partial charge on any atom is -0.495 e. The SMILES string of the molecule is COc1ccc(Br)cc1S(=O)(=O)NCC1CCCCO1. The smallest absolute Gasteiger partial charge is 0.244 e. The van der Waals surface area contributed by atoms with Gasteiger partial charge in [0.25, 0.3) is 0 Å². The van der Waals surface area contributed by atoms with Crippen LogP contribution in [0.4, 0.5) is 0 Å². The van der Waals surface area contributed by atoms with E-state index in [2.05, 4.69) is 20.7 Å². The minimum atomic E-state index is -3.61. The third kappa shape index (κ3) is 3.94. The molecule has 0 spiro atoms. The van der Waals surface area contributed by atoms with Gasteiger partial charge in [-0.1, -0.05) is 15.9 Å². The van der Waals surface area contributed by atoms with Gasteiger partial charge in [0.15, 0.2) is 0 Å². The zero-order chi connectivity index (χ0) is 14.6. The summed E-state index contributed by atoms with van der Waals surface area (Å²) in [4.78, 5) is 0.130. The van der Waals surface area contributed by atoms with Crippen molar-refractivity contribution >= 4 is 26.0 Å². The molecule has 0 bridgehead atoms. The zero-order valence-electron chi connectivity index (χ0n) is 11.3. The van der Waals surface area contributed by atoms with E-state index >= 15 is 0 Å². The number of nitrogens with one attached hydrogen (secondary N) is 1. The number of sulfonamides is 1. The van der Waals surface area contributed by atoms with Gasteiger partial charge in [0.2, 0.25) is 10.0 Å². The Balaban J connectivity index is 2.11. The van der Waals surface area contributed by atoms with Gasteiger partial charge in [0.05, 0.1) is 13.2 Å². The van der Waals surface area contributed by atoms with Crippen LogP contribution in [0, 0.1) is 0 Å². The maximum absolute atomic E-state index is 12.3. The molecule has 5 nitrogen and oxygen atoms in total. The van der Waals surface area contributed by atoms with E-state index in [0.29, 0.717) is 16.8 Å². The Bertz CT molecular complexity index is 555. The second kappa shape index (κ2) is 6.89. The molecule has 20 heavy (non-hydrogen) atoms. The maximum atomic E-state index is 12.3. The highest BCUT2D eigenvalue weighted by Crippen LogP contribution is 2.27. The van der Waals surface area contributed by atoms with E-state index < -0.39 is 10.0 Å². The van der Waals surface area contributed by atoms with Crippen LogP contribution in [0.15, 0.2) is 27.6 Å². The van der Waals surface area contributed by atoms with E-state index in [0.717, 1.165) is 19.3 Å². The zero-order valence-corrected chi connectivity index (χ0v) is 13.7. The molecule has 1 aliphatic heterocycles. The molecule has 0 amide bonds. The Morgan fingerprint density at radius 2 is 2.25 bits per heavy atom. The molecule has 1 saturated heterocycles. The summed E-state index contributed by atoms with van der Waals surface area (Å²) < 4.78 is 38.6. The lowest BCUT2D eigenvalue weighted by Crippen LogP contribution is -2.35. The van der Waals surface area contributed by atoms with Crippen molar-refractivity contribution in [3.63, 3.8) is 0 Å². The third-order valence-electron chi connectivity index (χ3n) is 3.19. The minimum absolute atomic E-state index is 0.0447. The van der Waals surface area contributed by atoms with Gasteiger partial charge in [0, 0.05) is 17.6 Å². The number of hydrogen-bond acceptors (Lipinski definition) is 4. The van der Waals surface area contributed by atoms with Gasteiger partial charge in [-0.25, -0.2) is 13.1 Å². The molecule has 1 aromatic carbocycles. The van der Waals surface area contributed by atoms with Crippen LogP contribution >= 0.6 is 15.9 Å². The van der Waals surface area contributed by atoms with Gasteiger partial charge in [-0.2, -0.15) is 0 Å². The molecular formula is C13H18BrNO4S. The highest BCUT2D eigenvalue weighted by molar-refractivity contribution is 9.10. The summed E-state index contributed by atoms with van der Waals surface area (Å²) in [6.45, 7) is 0.991. The average molecular weight is 364 g/mol. The van der Waals surface area contributed by atoms with Gasteiger partial charge in [-0.3, -0.25) is 0 Å². The normalized spacial score (nSPS) is 19.8. The van der Waals surface area contributed by atoms with Crippen LogP contribution in [0.2, 0.25) is 0 Å². The molecule has 1 atom stereocenters. The molecule has 1 fully saturated rings. The molecule has 1 aliphatic rings. The Labute approximate surface area is 127 Å². The predicted molar refractivity (Wildman–Crippen MR) is 79.5 cm³/mol. The van der Waals surface area contributed by atoms with Crippen molar-refractivity contribution in [1.29, 1.82) is 0 Å². The molecule has 7 heteroatoms. The van der Waals surface area contributed by atoms with Crippen molar-refractivity contribution in [1.82, 2.24) is 4.72 Å². The number of benzene rings is 1. The molecule has 1 aromatic rings. The van der Waals surface area contributed by atoms with Crippen LogP contribution in [-0.4, -0.2) is 34.8 Å². The summed E-state index contributed by atoms with van der Waals surface area (Å²) in [5.41, 5.74) is 0. The first-order chi connectivity index (χ1) is 9.53. The van der Waals surface area contributed by atoms with Gasteiger partial charge in [0.1, 0.15) is 10.6 Å². The van der Waals surface area contributed by atoms with Crippen molar-refractivity contribution in [2.75, 3.05) is 20.3 Å². The molecule has 0 saturated carbocycles. The van der Waals surface area contributed by atoms with Crippen LogP contribution in [0.5, 0.6) is 5.75 Å². The van der Waals surface area contributed by atoms with E-state index in [1.807, 2.05) is 0 Å². The van der Waals surface area contributed by atoms with Crippen LogP contribution < -0.4 is 9.46 Å². The fourth-order valence-electron chi connectivity index (χ4n) is 2.11. The number of ether oxygens (including phenoxy) is 2. The fourth-order valence-corrected chi connectivity index (χ4v) is 3.88. The first-order valence-corrected chi connectivity index (χ1v) is 8.75. The lowest BCUT2D eigenvalue weighted by atomic mass is 10.1. The molecule has 0 radical (unpaired) electrons. The van der Waals surface area contributed by atoms with Crippen LogP contribution in [0.25, 0.3) is 0 Å². The average Bonchev–Trinajstić information content (AvgIpc) is 2.46. The summed E-state index contributed by atoms with van der Waals surface area (Å²) in [6.07, 6.45) is 2.96. The molecular weight excluding hydrogens is 346 g/mol.